The standard InChI is InChI=1S/C23H17ClN2O2/c1-14-10-12-26(13-11-14)21-20(25-19-9-5-8-18(24)15(19)2)22(27)16-6-3-4-7-17(16)23(21)28/h3-13H,1-2H3/p+1. The number of hydrogen-bond acceptors (Lipinski definition) is 3. The van der Waals surface area contributed by atoms with E-state index in [0.717, 1.165) is 11.1 Å². The number of nitrogens with zero attached hydrogens (tertiary/aromatic N) is 1. The van der Waals surface area contributed by atoms with Gasteiger partial charge in [-0.1, -0.05) is 41.9 Å². The lowest BCUT2D eigenvalue weighted by molar-refractivity contribution is -0.577. The number of aromatic nitrogens is 1. The van der Waals surface area contributed by atoms with Gasteiger partial charge in [0.15, 0.2) is 18.1 Å². The van der Waals surface area contributed by atoms with Crippen molar-refractivity contribution in [2.75, 3.05) is 5.32 Å². The lowest BCUT2D eigenvalue weighted by Crippen LogP contribution is -2.42. The Balaban J connectivity index is 1.94. The molecule has 0 radical (unpaired) electrons. The molecule has 0 saturated heterocycles. The molecule has 5 heteroatoms. The number of hydrogen-bond donors (Lipinski definition) is 1. The molecule has 3 aromatic rings. The first-order chi connectivity index (χ1) is 13.5. The molecular formula is C23H18ClN2O2+. The van der Waals surface area contributed by atoms with Crippen LogP contribution >= 0.6 is 11.6 Å². The number of fused-ring (bicyclic) bond motifs is 1. The van der Waals surface area contributed by atoms with E-state index in [2.05, 4.69) is 5.32 Å². The molecule has 4 nitrogen and oxygen atoms in total. The van der Waals surface area contributed by atoms with Gasteiger partial charge in [0.1, 0.15) is 0 Å². The van der Waals surface area contributed by atoms with E-state index in [1.165, 1.54) is 0 Å². The summed E-state index contributed by atoms with van der Waals surface area (Å²) in [6.07, 6.45) is 3.58. The lowest BCUT2D eigenvalue weighted by atomic mass is 9.90. The number of allylic oxidation sites excluding steroid dienone is 2. The molecule has 1 aliphatic rings. The van der Waals surface area contributed by atoms with Crippen LogP contribution in [0.3, 0.4) is 0 Å². The number of Topliss-reactive ketones (excluding diaryl/α,β-unsaturated/α-hetero) is 2. The van der Waals surface area contributed by atoms with Crippen LogP contribution in [0.1, 0.15) is 31.8 Å². The summed E-state index contributed by atoms with van der Waals surface area (Å²) < 4.78 is 1.69. The molecule has 0 atom stereocenters. The van der Waals surface area contributed by atoms with E-state index in [4.69, 9.17) is 11.6 Å². The van der Waals surface area contributed by atoms with Crippen molar-refractivity contribution in [3.63, 3.8) is 0 Å². The largest absolute Gasteiger partial charge is 0.346 e. The zero-order valence-corrected chi connectivity index (χ0v) is 16.2. The maximum absolute atomic E-state index is 13.3. The molecule has 2 aromatic carbocycles. The van der Waals surface area contributed by atoms with E-state index in [1.807, 2.05) is 32.0 Å². The molecule has 4 rings (SSSR count). The van der Waals surface area contributed by atoms with Gasteiger partial charge in [-0.05, 0) is 37.1 Å². The minimum atomic E-state index is -0.224. The third-order valence-corrected chi connectivity index (χ3v) is 5.29. The molecule has 1 aliphatic carbocycles. The van der Waals surface area contributed by atoms with Crippen LogP contribution in [0.2, 0.25) is 5.02 Å². The maximum Gasteiger partial charge on any atom is 0.286 e. The van der Waals surface area contributed by atoms with Crippen molar-refractivity contribution in [2.45, 2.75) is 13.8 Å². The number of benzene rings is 2. The predicted octanol–water partition coefficient (Wildman–Crippen LogP) is 4.60. The van der Waals surface area contributed by atoms with Crippen LogP contribution in [0.15, 0.2) is 72.7 Å². The Morgan fingerprint density at radius 2 is 1.46 bits per heavy atom. The Kier molecular flexibility index (Phi) is 4.57. The van der Waals surface area contributed by atoms with Gasteiger partial charge in [-0.25, -0.2) is 0 Å². The van der Waals surface area contributed by atoms with E-state index in [9.17, 15) is 9.59 Å². The number of pyridine rings is 1. The fourth-order valence-corrected chi connectivity index (χ4v) is 3.43. The maximum atomic E-state index is 13.3. The monoisotopic (exact) mass is 389 g/mol. The van der Waals surface area contributed by atoms with E-state index in [0.29, 0.717) is 27.5 Å². The number of nitrogens with one attached hydrogen (secondary N) is 1. The normalized spacial score (nSPS) is 13.5. The zero-order chi connectivity index (χ0) is 19.8. The number of ketones is 2. The molecule has 1 N–H and O–H groups in total. The molecule has 0 bridgehead atoms. The number of carbonyl (C=O) groups is 2. The highest BCUT2D eigenvalue weighted by Gasteiger charge is 2.38. The lowest BCUT2D eigenvalue weighted by Gasteiger charge is -2.19. The average Bonchev–Trinajstić information content (AvgIpc) is 2.70. The molecule has 28 heavy (non-hydrogen) atoms. The van der Waals surface area contributed by atoms with Gasteiger partial charge >= 0.3 is 0 Å². The average molecular weight is 390 g/mol. The Morgan fingerprint density at radius 1 is 0.821 bits per heavy atom. The van der Waals surface area contributed by atoms with Crippen molar-refractivity contribution in [1.82, 2.24) is 0 Å². The molecule has 1 aromatic heterocycles. The van der Waals surface area contributed by atoms with Gasteiger partial charge in [-0.3, -0.25) is 9.59 Å². The molecule has 0 fully saturated rings. The summed E-state index contributed by atoms with van der Waals surface area (Å²) in [5.74, 6) is -0.427. The third-order valence-electron chi connectivity index (χ3n) is 4.88. The second kappa shape index (κ2) is 7.06. The van der Waals surface area contributed by atoms with Gasteiger partial charge in [0.25, 0.3) is 11.5 Å². The van der Waals surface area contributed by atoms with Gasteiger partial charge in [-0.2, -0.15) is 4.57 Å². The molecule has 0 unspecified atom stereocenters. The van der Waals surface area contributed by atoms with Gasteiger partial charge in [0.05, 0.1) is 0 Å². The van der Waals surface area contributed by atoms with Crippen molar-refractivity contribution < 1.29 is 14.2 Å². The molecule has 0 spiro atoms. The van der Waals surface area contributed by atoms with Gasteiger partial charge in [0, 0.05) is 34.0 Å². The molecule has 0 aliphatic heterocycles. The van der Waals surface area contributed by atoms with E-state index in [1.54, 1.807) is 53.4 Å². The minimum absolute atomic E-state index is 0.203. The van der Waals surface area contributed by atoms with Crippen LogP contribution in [-0.2, 0) is 0 Å². The quantitative estimate of drug-likeness (QED) is 0.666. The first kappa shape index (κ1) is 18.1. The van der Waals surface area contributed by atoms with Crippen molar-refractivity contribution in [2.24, 2.45) is 0 Å². The zero-order valence-electron chi connectivity index (χ0n) is 15.5. The summed E-state index contributed by atoms with van der Waals surface area (Å²) in [7, 11) is 0. The number of halogens is 1. The third kappa shape index (κ3) is 3.02. The number of carbonyl (C=O) groups excluding carboxylic acids is 2. The SMILES string of the molecule is Cc1cc[n+](C2=C(Nc3cccc(Cl)c3C)C(=O)c3ccccc3C2=O)cc1. The van der Waals surface area contributed by atoms with Crippen LogP contribution in [0.5, 0.6) is 0 Å². The molecular weight excluding hydrogens is 372 g/mol. The number of aryl methyl sites for hydroxylation is 1. The van der Waals surface area contributed by atoms with Crippen LogP contribution in [-0.4, -0.2) is 11.6 Å². The Bertz CT molecular complexity index is 1150. The van der Waals surface area contributed by atoms with Gasteiger partial charge < -0.3 is 5.32 Å². The fourth-order valence-electron chi connectivity index (χ4n) is 3.25. The number of rotatable bonds is 3. The highest BCUT2D eigenvalue weighted by Crippen LogP contribution is 2.30. The molecule has 138 valence electrons. The van der Waals surface area contributed by atoms with Gasteiger partial charge in [0.2, 0.25) is 5.78 Å². The van der Waals surface area contributed by atoms with Crippen molar-refractivity contribution in [3.05, 3.63) is 100.0 Å². The van der Waals surface area contributed by atoms with E-state index < -0.39 is 0 Å². The van der Waals surface area contributed by atoms with Crippen molar-refractivity contribution in [1.29, 1.82) is 0 Å². The molecule has 1 heterocycles. The smallest absolute Gasteiger partial charge is 0.286 e. The molecule has 0 saturated carbocycles. The summed E-state index contributed by atoms with van der Waals surface area (Å²) >= 11 is 6.24. The van der Waals surface area contributed by atoms with Crippen LogP contribution in [0, 0.1) is 13.8 Å². The van der Waals surface area contributed by atoms with Crippen molar-refractivity contribution in [3.8, 4) is 0 Å². The Labute approximate surface area is 168 Å². The molecule has 0 amide bonds. The Hall–Kier alpha value is -3.24. The minimum Gasteiger partial charge on any atom is -0.346 e. The van der Waals surface area contributed by atoms with E-state index in [-0.39, 0.29) is 17.3 Å². The second-order valence-corrected chi connectivity index (χ2v) is 7.15. The summed E-state index contributed by atoms with van der Waals surface area (Å²) in [6, 6.07) is 16.1. The summed E-state index contributed by atoms with van der Waals surface area (Å²) in [5, 5.41) is 3.77. The van der Waals surface area contributed by atoms with Crippen LogP contribution in [0.4, 0.5) is 5.69 Å². The van der Waals surface area contributed by atoms with Gasteiger partial charge in [-0.15, -0.1) is 0 Å². The van der Waals surface area contributed by atoms with E-state index >= 15 is 0 Å². The summed E-state index contributed by atoms with van der Waals surface area (Å²) in [5.41, 5.74) is 3.89. The topological polar surface area (TPSA) is 50.1 Å². The van der Waals surface area contributed by atoms with Crippen LogP contribution in [0.25, 0.3) is 5.70 Å². The number of anilines is 1. The van der Waals surface area contributed by atoms with Crippen LogP contribution < -0.4 is 9.88 Å². The predicted molar refractivity (Wildman–Crippen MR) is 110 cm³/mol. The van der Waals surface area contributed by atoms with Crippen molar-refractivity contribution >= 4 is 34.6 Å². The first-order valence-corrected chi connectivity index (χ1v) is 9.28. The first-order valence-electron chi connectivity index (χ1n) is 8.90. The Morgan fingerprint density at radius 3 is 2.14 bits per heavy atom. The fraction of sp³-hybridized carbons (Fsp3) is 0.0870. The summed E-state index contributed by atoms with van der Waals surface area (Å²) in [4.78, 5) is 26.6. The second-order valence-electron chi connectivity index (χ2n) is 6.75. The summed E-state index contributed by atoms with van der Waals surface area (Å²) in [6.45, 7) is 3.84. The highest BCUT2D eigenvalue weighted by atomic mass is 35.5. The highest BCUT2D eigenvalue weighted by molar-refractivity contribution is 6.36.